The van der Waals surface area contributed by atoms with Crippen molar-refractivity contribution in [3.63, 3.8) is 0 Å². The molecule has 0 aliphatic heterocycles. The van der Waals surface area contributed by atoms with Gasteiger partial charge in [-0.3, -0.25) is 4.98 Å². The number of aromatic nitrogens is 2. The molecule has 0 atom stereocenters. The van der Waals surface area contributed by atoms with E-state index < -0.39 is 5.92 Å². The Balaban J connectivity index is 2.25. The molecule has 2 rings (SSSR count). The maximum atomic E-state index is 13.1. The SMILES string of the molecule is CC(F)(F)c1cccc(Oc2cncc(Cl)n2)c1. The van der Waals surface area contributed by atoms with E-state index in [2.05, 4.69) is 9.97 Å². The standard InChI is InChI=1S/C12H9ClF2N2O/c1-12(14,15)8-3-2-4-9(5-8)18-11-7-16-6-10(13)17-11/h2-7H,1H3. The molecular weight excluding hydrogens is 262 g/mol. The van der Waals surface area contributed by atoms with Gasteiger partial charge in [0.15, 0.2) is 5.15 Å². The fraction of sp³-hybridized carbons (Fsp3) is 0.167. The zero-order valence-electron chi connectivity index (χ0n) is 9.40. The van der Waals surface area contributed by atoms with E-state index in [9.17, 15) is 8.78 Å². The second-order valence-corrected chi connectivity index (χ2v) is 4.09. The lowest BCUT2D eigenvalue weighted by Crippen LogP contribution is -2.06. The third-order valence-corrected chi connectivity index (χ3v) is 2.33. The first-order valence-electron chi connectivity index (χ1n) is 5.09. The predicted octanol–water partition coefficient (Wildman–Crippen LogP) is 4.03. The summed E-state index contributed by atoms with van der Waals surface area (Å²) in [6.07, 6.45) is 2.70. The number of rotatable bonds is 3. The highest BCUT2D eigenvalue weighted by atomic mass is 35.5. The molecule has 2 aromatic rings. The highest BCUT2D eigenvalue weighted by Gasteiger charge is 2.24. The van der Waals surface area contributed by atoms with E-state index in [1.165, 1.54) is 30.6 Å². The average molecular weight is 271 g/mol. The summed E-state index contributed by atoms with van der Waals surface area (Å²) in [7, 11) is 0. The van der Waals surface area contributed by atoms with Gasteiger partial charge in [-0.25, -0.2) is 8.78 Å². The van der Waals surface area contributed by atoms with E-state index >= 15 is 0 Å². The molecule has 0 radical (unpaired) electrons. The molecular formula is C12H9ClF2N2O. The Labute approximate surface area is 107 Å². The summed E-state index contributed by atoms with van der Waals surface area (Å²) in [5, 5.41) is 0.171. The highest BCUT2D eigenvalue weighted by molar-refractivity contribution is 6.29. The van der Waals surface area contributed by atoms with Crippen LogP contribution in [0.25, 0.3) is 0 Å². The summed E-state index contributed by atoms with van der Waals surface area (Å²) >= 11 is 5.64. The quantitative estimate of drug-likeness (QED) is 0.844. The third kappa shape index (κ3) is 3.13. The lowest BCUT2D eigenvalue weighted by atomic mass is 10.1. The van der Waals surface area contributed by atoms with Crippen LogP contribution in [-0.4, -0.2) is 9.97 Å². The van der Waals surface area contributed by atoms with E-state index in [0.717, 1.165) is 6.92 Å². The van der Waals surface area contributed by atoms with Crippen LogP contribution in [0.5, 0.6) is 11.6 Å². The van der Waals surface area contributed by atoms with Crippen molar-refractivity contribution < 1.29 is 13.5 Å². The fourth-order valence-corrected chi connectivity index (χ4v) is 1.47. The second-order valence-electron chi connectivity index (χ2n) is 3.70. The molecule has 6 heteroatoms. The normalized spacial score (nSPS) is 11.3. The molecule has 1 aromatic heterocycles. The van der Waals surface area contributed by atoms with E-state index in [1.807, 2.05) is 0 Å². The zero-order valence-corrected chi connectivity index (χ0v) is 10.2. The monoisotopic (exact) mass is 270 g/mol. The van der Waals surface area contributed by atoms with Crippen molar-refractivity contribution in [3.8, 4) is 11.6 Å². The molecule has 0 saturated carbocycles. The minimum absolute atomic E-state index is 0.130. The Morgan fingerprint density at radius 1 is 1.28 bits per heavy atom. The van der Waals surface area contributed by atoms with Gasteiger partial charge in [0.1, 0.15) is 5.75 Å². The molecule has 0 fully saturated rings. The first-order valence-corrected chi connectivity index (χ1v) is 5.47. The van der Waals surface area contributed by atoms with Gasteiger partial charge >= 0.3 is 0 Å². The highest BCUT2D eigenvalue weighted by Crippen LogP contribution is 2.30. The molecule has 1 heterocycles. The van der Waals surface area contributed by atoms with Gasteiger partial charge in [-0.2, -0.15) is 4.98 Å². The molecule has 94 valence electrons. The Hall–Kier alpha value is -1.75. The van der Waals surface area contributed by atoms with E-state index in [1.54, 1.807) is 6.07 Å². The summed E-state index contributed by atoms with van der Waals surface area (Å²) in [5.74, 6) is -2.51. The minimum atomic E-state index is -2.92. The topological polar surface area (TPSA) is 35.0 Å². The molecule has 1 aromatic carbocycles. The van der Waals surface area contributed by atoms with E-state index in [4.69, 9.17) is 16.3 Å². The van der Waals surface area contributed by atoms with Gasteiger partial charge in [0.2, 0.25) is 5.88 Å². The number of alkyl halides is 2. The molecule has 0 unspecified atom stereocenters. The van der Waals surface area contributed by atoms with Crippen LogP contribution in [0.1, 0.15) is 12.5 Å². The van der Waals surface area contributed by atoms with Crippen molar-refractivity contribution >= 4 is 11.6 Å². The summed E-state index contributed by atoms with van der Waals surface area (Å²) in [6.45, 7) is 0.825. The maximum absolute atomic E-state index is 13.1. The number of ether oxygens (including phenoxy) is 1. The van der Waals surface area contributed by atoms with Crippen LogP contribution in [0.15, 0.2) is 36.7 Å². The predicted molar refractivity (Wildman–Crippen MR) is 63.1 cm³/mol. The number of nitrogens with zero attached hydrogens (tertiary/aromatic N) is 2. The zero-order chi connectivity index (χ0) is 13.2. The molecule has 0 bridgehead atoms. The molecule has 0 saturated heterocycles. The summed E-state index contributed by atoms with van der Waals surface area (Å²) in [5.41, 5.74) is -0.130. The van der Waals surface area contributed by atoms with Gasteiger partial charge in [0, 0.05) is 12.5 Å². The van der Waals surface area contributed by atoms with Crippen LogP contribution in [0.3, 0.4) is 0 Å². The number of hydrogen-bond donors (Lipinski definition) is 0. The van der Waals surface area contributed by atoms with Gasteiger partial charge in [-0.1, -0.05) is 23.7 Å². The van der Waals surface area contributed by atoms with Gasteiger partial charge in [-0.15, -0.1) is 0 Å². The third-order valence-electron chi connectivity index (χ3n) is 2.15. The first kappa shape index (κ1) is 12.7. The van der Waals surface area contributed by atoms with Crippen molar-refractivity contribution in [3.05, 3.63) is 47.4 Å². The lowest BCUT2D eigenvalue weighted by molar-refractivity contribution is 0.0173. The maximum Gasteiger partial charge on any atom is 0.270 e. The molecule has 18 heavy (non-hydrogen) atoms. The van der Waals surface area contributed by atoms with Crippen LogP contribution >= 0.6 is 11.6 Å². The minimum Gasteiger partial charge on any atom is -0.437 e. The van der Waals surface area contributed by atoms with Crippen molar-refractivity contribution in [2.45, 2.75) is 12.8 Å². The van der Waals surface area contributed by atoms with Gasteiger partial charge in [0.25, 0.3) is 5.92 Å². The Morgan fingerprint density at radius 2 is 2.06 bits per heavy atom. The van der Waals surface area contributed by atoms with Crippen molar-refractivity contribution in [2.75, 3.05) is 0 Å². The van der Waals surface area contributed by atoms with Gasteiger partial charge < -0.3 is 4.74 Å². The number of hydrogen-bond acceptors (Lipinski definition) is 3. The Kier molecular flexibility index (Phi) is 3.43. The van der Waals surface area contributed by atoms with Gasteiger partial charge in [0.05, 0.1) is 12.4 Å². The Bertz CT molecular complexity index is 558. The van der Waals surface area contributed by atoms with Crippen LogP contribution < -0.4 is 4.74 Å². The summed E-state index contributed by atoms with van der Waals surface area (Å²) in [6, 6.07) is 5.62. The Morgan fingerprint density at radius 3 is 2.72 bits per heavy atom. The van der Waals surface area contributed by atoms with Crippen molar-refractivity contribution in [2.24, 2.45) is 0 Å². The smallest absolute Gasteiger partial charge is 0.270 e. The molecule has 0 amide bonds. The summed E-state index contributed by atoms with van der Waals surface area (Å²) < 4.78 is 31.6. The summed E-state index contributed by atoms with van der Waals surface area (Å²) in [4.78, 5) is 7.64. The van der Waals surface area contributed by atoms with Crippen LogP contribution in [0.2, 0.25) is 5.15 Å². The molecule has 0 aliphatic carbocycles. The van der Waals surface area contributed by atoms with Crippen molar-refractivity contribution in [1.29, 1.82) is 0 Å². The number of benzene rings is 1. The number of halogens is 3. The lowest BCUT2D eigenvalue weighted by Gasteiger charge is -2.12. The van der Waals surface area contributed by atoms with Crippen molar-refractivity contribution in [1.82, 2.24) is 9.97 Å². The van der Waals surface area contributed by atoms with Crippen LogP contribution in [0.4, 0.5) is 8.78 Å². The van der Waals surface area contributed by atoms with Gasteiger partial charge in [-0.05, 0) is 12.1 Å². The van der Waals surface area contributed by atoms with E-state index in [-0.39, 0.29) is 22.3 Å². The molecule has 0 spiro atoms. The molecule has 0 aliphatic rings. The van der Waals surface area contributed by atoms with Crippen LogP contribution in [-0.2, 0) is 5.92 Å². The first-order chi connectivity index (χ1) is 8.45. The fourth-order valence-electron chi connectivity index (χ4n) is 1.33. The van der Waals surface area contributed by atoms with Crippen LogP contribution in [0, 0.1) is 0 Å². The second kappa shape index (κ2) is 4.86. The molecule has 3 nitrogen and oxygen atoms in total. The van der Waals surface area contributed by atoms with E-state index in [0.29, 0.717) is 0 Å². The molecule has 0 N–H and O–H groups in total. The average Bonchev–Trinajstić information content (AvgIpc) is 2.28. The largest absolute Gasteiger partial charge is 0.437 e.